The SMILES string of the molecule is NCc1cc(C(=O)NCC2CCCS2(=O)=O)ccn1. The molecule has 1 aliphatic heterocycles. The zero-order valence-corrected chi connectivity index (χ0v) is 11.3. The summed E-state index contributed by atoms with van der Waals surface area (Å²) in [5.74, 6) is -0.0701. The van der Waals surface area contributed by atoms with E-state index in [9.17, 15) is 13.2 Å². The van der Waals surface area contributed by atoms with Crippen molar-refractivity contribution in [2.45, 2.75) is 24.6 Å². The number of pyridine rings is 1. The number of hydrogen-bond donors (Lipinski definition) is 2. The lowest BCUT2D eigenvalue weighted by atomic mass is 10.2. The number of nitrogens with one attached hydrogen (secondary N) is 1. The molecule has 1 saturated heterocycles. The summed E-state index contributed by atoms with van der Waals surface area (Å²) >= 11 is 0. The molecule has 0 aromatic carbocycles. The number of nitrogens with two attached hydrogens (primary N) is 1. The molecule has 1 unspecified atom stereocenters. The Morgan fingerprint density at radius 2 is 2.32 bits per heavy atom. The van der Waals surface area contributed by atoms with Crippen LogP contribution in [0.2, 0.25) is 0 Å². The standard InChI is InChI=1S/C12H17N3O3S/c13-7-10-6-9(3-4-14-10)12(16)15-8-11-2-1-5-19(11,17)18/h3-4,6,11H,1-2,5,7-8,13H2,(H,15,16). The van der Waals surface area contributed by atoms with E-state index in [0.29, 0.717) is 24.1 Å². The van der Waals surface area contributed by atoms with Crippen LogP contribution in [0.25, 0.3) is 0 Å². The first kappa shape index (κ1) is 14.0. The fourth-order valence-electron chi connectivity index (χ4n) is 2.13. The Hall–Kier alpha value is -1.47. The molecule has 2 heterocycles. The van der Waals surface area contributed by atoms with Crippen molar-refractivity contribution >= 4 is 15.7 Å². The second-order valence-electron chi connectivity index (χ2n) is 4.58. The minimum Gasteiger partial charge on any atom is -0.351 e. The summed E-state index contributed by atoms with van der Waals surface area (Å²) < 4.78 is 23.3. The minimum absolute atomic E-state index is 0.168. The number of aromatic nitrogens is 1. The van der Waals surface area contributed by atoms with Crippen LogP contribution in [0.4, 0.5) is 0 Å². The van der Waals surface area contributed by atoms with Crippen LogP contribution in [0.1, 0.15) is 28.9 Å². The van der Waals surface area contributed by atoms with Crippen LogP contribution < -0.4 is 11.1 Å². The van der Waals surface area contributed by atoms with Gasteiger partial charge in [-0.25, -0.2) is 8.42 Å². The van der Waals surface area contributed by atoms with E-state index < -0.39 is 15.1 Å². The molecule has 0 bridgehead atoms. The highest BCUT2D eigenvalue weighted by Gasteiger charge is 2.31. The van der Waals surface area contributed by atoms with Gasteiger partial charge in [0.15, 0.2) is 9.84 Å². The van der Waals surface area contributed by atoms with Gasteiger partial charge in [-0.15, -0.1) is 0 Å². The van der Waals surface area contributed by atoms with Gasteiger partial charge in [-0.1, -0.05) is 0 Å². The molecule has 0 saturated carbocycles. The van der Waals surface area contributed by atoms with Crippen LogP contribution in [0, 0.1) is 0 Å². The van der Waals surface area contributed by atoms with Crippen molar-refractivity contribution in [3.63, 3.8) is 0 Å². The van der Waals surface area contributed by atoms with E-state index in [1.807, 2.05) is 0 Å². The molecule has 0 radical (unpaired) electrons. The van der Waals surface area contributed by atoms with Crippen molar-refractivity contribution in [3.8, 4) is 0 Å². The maximum absolute atomic E-state index is 11.9. The summed E-state index contributed by atoms with van der Waals surface area (Å²) in [6.07, 6.45) is 2.81. The number of carbonyl (C=O) groups excluding carboxylic acids is 1. The van der Waals surface area contributed by atoms with Gasteiger partial charge in [0.2, 0.25) is 0 Å². The van der Waals surface area contributed by atoms with E-state index >= 15 is 0 Å². The normalized spacial score (nSPS) is 21.2. The van der Waals surface area contributed by atoms with Crippen molar-refractivity contribution in [1.82, 2.24) is 10.3 Å². The van der Waals surface area contributed by atoms with Crippen LogP contribution in [-0.4, -0.2) is 36.9 Å². The maximum atomic E-state index is 11.9. The van der Waals surface area contributed by atoms with E-state index in [2.05, 4.69) is 10.3 Å². The number of carbonyl (C=O) groups is 1. The minimum atomic E-state index is -3.02. The monoisotopic (exact) mass is 283 g/mol. The molecule has 0 spiro atoms. The van der Waals surface area contributed by atoms with E-state index in [1.165, 1.54) is 6.20 Å². The zero-order valence-electron chi connectivity index (χ0n) is 10.5. The van der Waals surface area contributed by atoms with Gasteiger partial charge < -0.3 is 11.1 Å². The third-order valence-electron chi connectivity index (χ3n) is 3.24. The summed E-state index contributed by atoms with van der Waals surface area (Å²) in [5, 5.41) is 2.21. The molecule has 1 fully saturated rings. The molecule has 1 aliphatic rings. The van der Waals surface area contributed by atoms with Gasteiger partial charge in [-0.05, 0) is 25.0 Å². The Morgan fingerprint density at radius 3 is 2.95 bits per heavy atom. The number of rotatable bonds is 4. The molecular weight excluding hydrogens is 266 g/mol. The number of hydrogen-bond acceptors (Lipinski definition) is 5. The largest absolute Gasteiger partial charge is 0.351 e. The van der Waals surface area contributed by atoms with E-state index in [0.717, 1.165) is 0 Å². The highest BCUT2D eigenvalue weighted by molar-refractivity contribution is 7.92. The summed E-state index contributed by atoms with van der Waals surface area (Å²) in [5.41, 5.74) is 6.53. The molecule has 0 aliphatic carbocycles. The van der Waals surface area contributed by atoms with E-state index in [4.69, 9.17) is 5.73 Å². The number of amides is 1. The molecule has 1 amide bonds. The van der Waals surface area contributed by atoms with E-state index in [1.54, 1.807) is 12.1 Å². The van der Waals surface area contributed by atoms with Gasteiger partial charge in [0, 0.05) is 24.8 Å². The maximum Gasteiger partial charge on any atom is 0.251 e. The third-order valence-corrected chi connectivity index (χ3v) is 5.52. The first-order valence-corrected chi connectivity index (χ1v) is 7.89. The van der Waals surface area contributed by atoms with Crippen molar-refractivity contribution in [2.24, 2.45) is 5.73 Å². The van der Waals surface area contributed by atoms with Gasteiger partial charge in [0.25, 0.3) is 5.91 Å². The summed E-state index contributed by atoms with van der Waals surface area (Å²) in [6.45, 7) is 0.430. The van der Waals surface area contributed by atoms with Crippen LogP contribution in [-0.2, 0) is 16.4 Å². The highest BCUT2D eigenvalue weighted by atomic mass is 32.2. The predicted molar refractivity (Wildman–Crippen MR) is 71.3 cm³/mol. The molecule has 1 aromatic heterocycles. The van der Waals surface area contributed by atoms with Crippen LogP contribution >= 0.6 is 0 Å². The molecule has 1 aromatic rings. The van der Waals surface area contributed by atoms with Gasteiger partial charge >= 0.3 is 0 Å². The average Bonchev–Trinajstić information content (AvgIpc) is 2.75. The molecule has 3 N–H and O–H groups in total. The topological polar surface area (TPSA) is 102 Å². The van der Waals surface area contributed by atoms with Gasteiger partial charge in [0.05, 0.1) is 16.7 Å². The fourth-order valence-corrected chi connectivity index (χ4v) is 3.89. The van der Waals surface area contributed by atoms with Crippen molar-refractivity contribution in [2.75, 3.05) is 12.3 Å². The Balaban J connectivity index is 1.98. The Bertz CT molecular complexity index is 571. The quantitative estimate of drug-likeness (QED) is 0.800. The third kappa shape index (κ3) is 3.30. The molecule has 2 rings (SSSR count). The molecule has 19 heavy (non-hydrogen) atoms. The second-order valence-corrected chi connectivity index (χ2v) is 6.98. The molecule has 6 nitrogen and oxygen atoms in total. The van der Waals surface area contributed by atoms with Crippen LogP contribution in [0.15, 0.2) is 18.3 Å². The second kappa shape index (κ2) is 5.66. The van der Waals surface area contributed by atoms with Gasteiger partial charge in [0.1, 0.15) is 0 Å². The Labute approximate surface area is 112 Å². The summed E-state index contributed by atoms with van der Waals surface area (Å²) in [7, 11) is -3.02. The number of nitrogens with zero attached hydrogens (tertiary/aromatic N) is 1. The van der Waals surface area contributed by atoms with Gasteiger partial charge in [-0.2, -0.15) is 0 Å². The Kier molecular flexibility index (Phi) is 4.16. The lowest BCUT2D eigenvalue weighted by Crippen LogP contribution is -2.34. The number of sulfone groups is 1. The van der Waals surface area contributed by atoms with E-state index in [-0.39, 0.29) is 24.7 Å². The zero-order chi connectivity index (χ0) is 13.9. The van der Waals surface area contributed by atoms with Crippen molar-refractivity contribution in [3.05, 3.63) is 29.6 Å². The predicted octanol–water partition coefficient (Wildman–Crippen LogP) is -0.153. The van der Waals surface area contributed by atoms with Crippen molar-refractivity contribution in [1.29, 1.82) is 0 Å². The van der Waals surface area contributed by atoms with Crippen molar-refractivity contribution < 1.29 is 13.2 Å². The molecule has 104 valence electrons. The summed E-state index contributed by atoms with van der Waals surface area (Å²) in [6, 6.07) is 3.19. The molecule has 7 heteroatoms. The average molecular weight is 283 g/mol. The molecular formula is C12H17N3O3S. The lowest BCUT2D eigenvalue weighted by Gasteiger charge is -2.11. The Morgan fingerprint density at radius 1 is 1.53 bits per heavy atom. The first-order valence-electron chi connectivity index (χ1n) is 6.17. The van der Waals surface area contributed by atoms with Gasteiger partial charge in [-0.3, -0.25) is 9.78 Å². The first-order chi connectivity index (χ1) is 9.03. The summed E-state index contributed by atoms with van der Waals surface area (Å²) in [4.78, 5) is 15.9. The fraction of sp³-hybridized carbons (Fsp3) is 0.500. The smallest absolute Gasteiger partial charge is 0.251 e. The molecule has 1 atom stereocenters. The van der Waals surface area contributed by atoms with Crippen LogP contribution in [0.3, 0.4) is 0 Å². The highest BCUT2D eigenvalue weighted by Crippen LogP contribution is 2.19. The van der Waals surface area contributed by atoms with Crippen LogP contribution in [0.5, 0.6) is 0 Å². The lowest BCUT2D eigenvalue weighted by molar-refractivity contribution is 0.0953.